The lowest BCUT2D eigenvalue weighted by atomic mass is 10.1. The molecule has 0 atom stereocenters. The first-order valence-corrected chi connectivity index (χ1v) is 6.64. The van der Waals surface area contributed by atoms with E-state index in [9.17, 15) is 5.26 Å². The smallest absolute Gasteiger partial charge is 0.167 e. The van der Waals surface area contributed by atoms with E-state index in [1.807, 2.05) is 28.9 Å². The summed E-state index contributed by atoms with van der Waals surface area (Å²) in [6, 6.07) is 10.1. The molecular weight excluding hydrogens is 252 g/mol. The van der Waals surface area contributed by atoms with Gasteiger partial charge in [-0.15, -0.1) is 0 Å². The zero-order valence-electron chi connectivity index (χ0n) is 11.4. The van der Waals surface area contributed by atoms with Gasteiger partial charge in [-0.25, -0.2) is 0 Å². The number of methoxy groups -OCH3 is 1. The summed E-state index contributed by atoms with van der Waals surface area (Å²) in [6.07, 6.45) is 0.917. The van der Waals surface area contributed by atoms with E-state index in [1.165, 1.54) is 5.69 Å². The lowest BCUT2D eigenvalue weighted by molar-refractivity contribution is 0.414. The number of nitriles is 1. The Morgan fingerprint density at radius 1 is 1.40 bits per heavy atom. The van der Waals surface area contributed by atoms with Crippen molar-refractivity contribution in [3.05, 3.63) is 46.8 Å². The summed E-state index contributed by atoms with van der Waals surface area (Å²) < 4.78 is 7.11. The third-order valence-electron chi connectivity index (χ3n) is 3.60. The first-order chi connectivity index (χ1) is 9.81. The first-order valence-electron chi connectivity index (χ1n) is 6.64. The number of nitrogens with one attached hydrogen (secondary N) is 1. The molecule has 1 aromatic carbocycles. The summed E-state index contributed by atoms with van der Waals surface area (Å²) in [4.78, 5) is 0. The van der Waals surface area contributed by atoms with E-state index in [4.69, 9.17) is 4.74 Å². The molecule has 20 heavy (non-hydrogen) atoms. The minimum Gasteiger partial charge on any atom is -0.497 e. The van der Waals surface area contributed by atoms with Crippen molar-refractivity contribution in [2.45, 2.75) is 19.5 Å². The van der Waals surface area contributed by atoms with Crippen molar-refractivity contribution >= 4 is 0 Å². The highest BCUT2D eigenvalue weighted by molar-refractivity contribution is 5.37. The quantitative estimate of drug-likeness (QED) is 0.915. The molecule has 1 aliphatic heterocycles. The van der Waals surface area contributed by atoms with Gasteiger partial charge in [0.1, 0.15) is 11.8 Å². The van der Waals surface area contributed by atoms with Crippen molar-refractivity contribution < 1.29 is 4.74 Å². The highest BCUT2D eigenvalue weighted by atomic mass is 16.5. The van der Waals surface area contributed by atoms with Crippen LogP contribution in [-0.2, 0) is 19.5 Å². The van der Waals surface area contributed by atoms with Crippen molar-refractivity contribution in [1.82, 2.24) is 15.1 Å². The highest BCUT2D eigenvalue weighted by Crippen LogP contribution is 2.20. The van der Waals surface area contributed by atoms with Gasteiger partial charge >= 0.3 is 0 Å². The van der Waals surface area contributed by atoms with Gasteiger partial charge in [-0.1, -0.05) is 12.1 Å². The first kappa shape index (κ1) is 12.7. The maximum Gasteiger partial charge on any atom is 0.167 e. The standard InChI is InChI=1S/C15H16N4O/c1-20-12-4-2-11(3-5-12)10-19-15-6-7-17-9-13(15)14(8-16)18-19/h2-5,17H,6-7,9-10H2,1H3. The molecule has 0 radical (unpaired) electrons. The third kappa shape index (κ3) is 2.26. The number of nitrogens with zero attached hydrogens (tertiary/aromatic N) is 3. The van der Waals surface area contributed by atoms with Gasteiger partial charge in [-0.3, -0.25) is 4.68 Å². The minimum atomic E-state index is 0.542. The second-order valence-corrected chi connectivity index (χ2v) is 4.82. The van der Waals surface area contributed by atoms with Crippen molar-refractivity contribution in [3.8, 4) is 11.8 Å². The zero-order valence-corrected chi connectivity index (χ0v) is 11.4. The Labute approximate surface area is 117 Å². The molecule has 2 aromatic rings. The molecule has 2 heterocycles. The Morgan fingerprint density at radius 3 is 2.90 bits per heavy atom. The molecule has 0 unspecified atom stereocenters. The second kappa shape index (κ2) is 5.35. The van der Waals surface area contributed by atoms with Crippen LogP contribution >= 0.6 is 0 Å². The number of hydrogen-bond donors (Lipinski definition) is 1. The summed E-state index contributed by atoms with van der Waals surface area (Å²) >= 11 is 0. The summed E-state index contributed by atoms with van der Waals surface area (Å²) in [6.45, 7) is 2.36. The molecule has 0 bridgehead atoms. The number of ether oxygens (including phenoxy) is 1. The predicted octanol–water partition coefficient (Wildman–Crippen LogP) is 1.46. The van der Waals surface area contributed by atoms with Crippen molar-refractivity contribution in [1.29, 1.82) is 5.26 Å². The van der Waals surface area contributed by atoms with Crippen LogP contribution in [0.25, 0.3) is 0 Å². The summed E-state index contributed by atoms with van der Waals surface area (Å²) in [5.74, 6) is 0.846. The van der Waals surface area contributed by atoms with E-state index >= 15 is 0 Å². The Balaban J connectivity index is 1.90. The molecule has 0 amide bonds. The molecule has 1 aromatic heterocycles. The van der Waals surface area contributed by atoms with Gasteiger partial charge in [0.05, 0.1) is 13.7 Å². The van der Waals surface area contributed by atoms with E-state index < -0.39 is 0 Å². The lowest BCUT2D eigenvalue weighted by Gasteiger charge is -2.15. The maximum absolute atomic E-state index is 9.17. The Bertz CT molecular complexity index is 652. The molecular formula is C15H16N4O. The lowest BCUT2D eigenvalue weighted by Crippen LogP contribution is -2.25. The SMILES string of the molecule is COc1ccc(Cn2nc(C#N)c3c2CCNC3)cc1. The normalized spacial score (nSPS) is 13.6. The Kier molecular flexibility index (Phi) is 3.40. The van der Waals surface area contributed by atoms with E-state index in [0.29, 0.717) is 12.2 Å². The molecule has 0 spiro atoms. The van der Waals surface area contributed by atoms with Crippen LogP contribution in [0.15, 0.2) is 24.3 Å². The number of aromatic nitrogens is 2. The van der Waals surface area contributed by atoms with Crippen LogP contribution in [-0.4, -0.2) is 23.4 Å². The Morgan fingerprint density at radius 2 is 2.20 bits per heavy atom. The third-order valence-corrected chi connectivity index (χ3v) is 3.60. The van der Waals surface area contributed by atoms with Gasteiger partial charge < -0.3 is 10.1 Å². The fourth-order valence-corrected chi connectivity index (χ4v) is 2.54. The minimum absolute atomic E-state index is 0.542. The van der Waals surface area contributed by atoms with Gasteiger partial charge in [0.2, 0.25) is 0 Å². The molecule has 5 nitrogen and oxygen atoms in total. The number of rotatable bonds is 3. The predicted molar refractivity (Wildman–Crippen MR) is 74.4 cm³/mol. The zero-order chi connectivity index (χ0) is 13.9. The average Bonchev–Trinajstić information content (AvgIpc) is 2.86. The molecule has 1 N–H and O–H groups in total. The molecule has 0 fully saturated rings. The molecule has 1 aliphatic rings. The molecule has 102 valence electrons. The van der Waals surface area contributed by atoms with Gasteiger partial charge in [0, 0.05) is 30.8 Å². The molecule has 0 aliphatic carbocycles. The highest BCUT2D eigenvalue weighted by Gasteiger charge is 2.20. The van der Waals surface area contributed by atoms with E-state index in [1.54, 1.807) is 7.11 Å². The Hall–Kier alpha value is -2.32. The second-order valence-electron chi connectivity index (χ2n) is 4.82. The topological polar surface area (TPSA) is 62.9 Å². The number of benzene rings is 1. The van der Waals surface area contributed by atoms with Crippen LogP contribution in [0.5, 0.6) is 5.75 Å². The molecule has 0 saturated heterocycles. The molecule has 0 saturated carbocycles. The van der Waals surface area contributed by atoms with Crippen LogP contribution in [0.2, 0.25) is 0 Å². The molecule has 3 rings (SSSR count). The van der Waals surface area contributed by atoms with Crippen LogP contribution in [0, 0.1) is 11.3 Å². The van der Waals surface area contributed by atoms with Crippen molar-refractivity contribution in [3.63, 3.8) is 0 Å². The maximum atomic E-state index is 9.17. The number of fused-ring (bicyclic) bond motifs is 1. The van der Waals surface area contributed by atoms with Crippen LogP contribution in [0.3, 0.4) is 0 Å². The van der Waals surface area contributed by atoms with Crippen LogP contribution in [0.1, 0.15) is 22.5 Å². The fraction of sp³-hybridized carbons (Fsp3) is 0.333. The summed E-state index contributed by atoms with van der Waals surface area (Å²) in [5, 5.41) is 16.9. The largest absolute Gasteiger partial charge is 0.497 e. The van der Waals surface area contributed by atoms with Crippen molar-refractivity contribution in [2.24, 2.45) is 0 Å². The van der Waals surface area contributed by atoms with E-state index in [0.717, 1.165) is 36.4 Å². The van der Waals surface area contributed by atoms with E-state index in [-0.39, 0.29) is 0 Å². The summed E-state index contributed by atoms with van der Waals surface area (Å²) in [7, 11) is 1.66. The van der Waals surface area contributed by atoms with Crippen LogP contribution in [0.4, 0.5) is 0 Å². The van der Waals surface area contributed by atoms with E-state index in [2.05, 4.69) is 16.5 Å². The number of hydrogen-bond acceptors (Lipinski definition) is 4. The van der Waals surface area contributed by atoms with Gasteiger partial charge in [0.25, 0.3) is 0 Å². The summed E-state index contributed by atoms with van der Waals surface area (Å²) in [5.41, 5.74) is 3.92. The van der Waals surface area contributed by atoms with Gasteiger partial charge in [0.15, 0.2) is 5.69 Å². The average molecular weight is 268 g/mol. The van der Waals surface area contributed by atoms with Gasteiger partial charge in [-0.05, 0) is 17.7 Å². The van der Waals surface area contributed by atoms with Crippen LogP contribution < -0.4 is 10.1 Å². The van der Waals surface area contributed by atoms with Gasteiger partial charge in [-0.2, -0.15) is 10.4 Å². The monoisotopic (exact) mass is 268 g/mol. The molecule has 5 heteroatoms. The van der Waals surface area contributed by atoms with Crippen molar-refractivity contribution in [2.75, 3.05) is 13.7 Å². The fourth-order valence-electron chi connectivity index (χ4n) is 2.54.